The van der Waals surface area contributed by atoms with Crippen LogP contribution in [0.15, 0.2) is 0 Å². The van der Waals surface area contributed by atoms with E-state index in [9.17, 15) is 4.79 Å². The highest BCUT2D eigenvalue weighted by atomic mass is 16.2. The first kappa shape index (κ1) is 11.9. The first-order valence-electron chi connectivity index (χ1n) is 6.74. The molecule has 2 aliphatic rings. The van der Waals surface area contributed by atoms with Gasteiger partial charge in [0, 0.05) is 13.1 Å². The molecule has 1 saturated heterocycles. The molecule has 3 nitrogen and oxygen atoms in total. The lowest BCUT2D eigenvalue weighted by molar-refractivity contribution is -0.141. The first-order chi connectivity index (χ1) is 7.65. The smallest absolute Gasteiger partial charge is 0.242 e. The molecule has 2 N–H and O–H groups in total. The van der Waals surface area contributed by atoms with E-state index in [1.165, 1.54) is 25.7 Å². The average Bonchev–Trinajstić information content (AvgIpc) is 2.26. The molecule has 92 valence electrons. The molecule has 2 rings (SSSR count). The highest BCUT2D eigenvalue weighted by Crippen LogP contribution is 2.32. The minimum absolute atomic E-state index is 0.216. The molecule has 16 heavy (non-hydrogen) atoms. The molecular weight excluding hydrogens is 200 g/mol. The van der Waals surface area contributed by atoms with Gasteiger partial charge in [-0.15, -0.1) is 0 Å². The number of nitrogens with two attached hydrogens (primary N) is 1. The summed E-state index contributed by atoms with van der Waals surface area (Å²) >= 11 is 0. The van der Waals surface area contributed by atoms with Gasteiger partial charge in [-0.3, -0.25) is 4.79 Å². The number of rotatable bonds is 3. The van der Waals surface area contributed by atoms with E-state index in [1.807, 2.05) is 4.90 Å². The Morgan fingerprint density at radius 1 is 1.38 bits per heavy atom. The van der Waals surface area contributed by atoms with Crippen molar-refractivity contribution in [1.82, 2.24) is 4.90 Å². The van der Waals surface area contributed by atoms with Gasteiger partial charge in [0.15, 0.2) is 0 Å². The SMILES string of the molecule is CCCC1CCN(C(=O)C2(N)CCC2)CC1. The van der Waals surface area contributed by atoms with Crippen LogP contribution in [-0.2, 0) is 4.79 Å². The largest absolute Gasteiger partial charge is 0.341 e. The van der Waals surface area contributed by atoms with Gasteiger partial charge in [0.1, 0.15) is 0 Å². The van der Waals surface area contributed by atoms with Crippen LogP contribution in [0.4, 0.5) is 0 Å². The monoisotopic (exact) mass is 224 g/mol. The fourth-order valence-corrected chi connectivity index (χ4v) is 2.92. The van der Waals surface area contributed by atoms with Crippen LogP contribution < -0.4 is 5.73 Å². The molecule has 0 spiro atoms. The summed E-state index contributed by atoms with van der Waals surface area (Å²) in [5.41, 5.74) is 5.59. The van der Waals surface area contributed by atoms with Gasteiger partial charge in [0.2, 0.25) is 5.91 Å². The highest BCUT2D eigenvalue weighted by molar-refractivity contribution is 5.87. The molecule has 0 aromatic rings. The van der Waals surface area contributed by atoms with Gasteiger partial charge in [-0.2, -0.15) is 0 Å². The lowest BCUT2D eigenvalue weighted by Crippen LogP contribution is -2.60. The van der Waals surface area contributed by atoms with Crippen molar-refractivity contribution in [3.63, 3.8) is 0 Å². The number of carbonyl (C=O) groups is 1. The number of hydrogen-bond donors (Lipinski definition) is 1. The van der Waals surface area contributed by atoms with Crippen LogP contribution in [0.5, 0.6) is 0 Å². The molecule has 0 atom stereocenters. The Labute approximate surface area is 98.4 Å². The Bertz CT molecular complexity index is 253. The van der Waals surface area contributed by atoms with Crippen LogP contribution in [0, 0.1) is 5.92 Å². The number of amides is 1. The second-order valence-corrected chi connectivity index (χ2v) is 5.53. The number of carbonyl (C=O) groups excluding carboxylic acids is 1. The molecule has 1 aliphatic heterocycles. The van der Waals surface area contributed by atoms with Crippen molar-refractivity contribution in [2.45, 2.75) is 57.4 Å². The molecule has 1 heterocycles. The van der Waals surface area contributed by atoms with Gasteiger partial charge in [-0.1, -0.05) is 19.8 Å². The molecule has 1 amide bonds. The minimum Gasteiger partial charge on any atom is -0.341 e. The van der Waals surface area contributed by atoms with E-state index < -0.39 is 5.54 Å². The summed E-state index contributed by atoms with van der Waals surface area (Å²) in [6.07, 6.45) is 7.83. The van der Waals surface area contributed by atoms with E-state index in [4.69, 9.17) is 5.73 Å². The zero-order chi connectivity index (χ0) is 11.6. The third-order valence-corrected chi connectivity index (χ3v) is 4.27. The zero-order valence-corrected chi connectivity index (χ0v) is 10.4. The molecule has 0 bridgehead atoms. The molecule has 3 heteroatoms. The third kappa shape index (κ3) is 2.24. The van der Waals surface area contributed by atoms with Gasteiger partial charge in [0.25, 0.3) is 0 Å². The summed E-state index contributed by atoms with van der Waals surface area (Å²) in [6.45, 7) is 4.10. The number of nitrogens with zero attached hydrogens (tertiary/aromatic N) is 1. The van der Waals surface area contributed by atoms with E-state index in [0.717, 1.165) is 38.3 Å². The fraction of sp³-hybridized carbons (Fsp3) is 0.923. The molecule has 1 saturated carbocycles. The van der Waals surface area contributed by atoms with Crippen LogP contribution >= 0.6 is 0 Å². The van der Waals surface area contributed by atoms with E-state index in [-0.39, 0.29) is 5.91 Å². The summed E-state index contributed by atoms with van der Waals surface area (Å²) in [5.74, 6) is 1.05. The van der Waals surface area contributed by atoms with Crippen molar-refractivity contribution in [2.24, 2.45) is 11.7 Å². The predicted octanol–water partition coefficient (Wildman–Crippen LogP) is 1.91. The van der Waals surface area contributed by atoms with Crippen molar-refractivity contribution < 1.29 is 4.79 Å². The number of likely N-dealkylation sites (tertiary alicyclic amines) is 1. The van der Waals surface area contributed by atoms with E-state index >= 15 is 0 Å². The van der Waals surface area contributed by atoms with Gasteiger partial charge in [-0.05, 0) is 38.0 Å². The normalized spacial score (nSPS) is 25.2. The van der Waals surface area contributed by atoms with Crippen molar-refractivity contribution in [3.05, 3.63) is 0 Å². The van der Waals surface area contributed by atoms with Crippen molar-refractivity contribution in [2.75, 3.05) is 13.1 Å². The van der Waals surface area contributed by atoms with Crippen LogP contribution in [-0.4, -0.2) is 29.4 Å². The Morgan fingerprint density at radius 3 is 2.44 bits per heavy atom. The average molecular weight is 224 g/mol. The van der Waals surface area contributed by atoms with Crippen LogP contribution in [0.3, 0.4) is 0 Å². The molecule has 1 aliphatic carbocycles. The highest BCUT2D eigenvalue weighted by Gasteiger charge is 2.43. The quantitative estimate of drug-likeness (QED) is 0.796. The predicted molar refractivity (Wildman–Crippen MR) is 65.0 cm³/mol. The van der Waals surface area contributed by atoms with E-state index in [1.54, 1.807) is 0 Å². The second kappa shape index (κ2) is 4.74. The van der Waals surface area contributed by atoms with Crippen LogP contribution in [0.2, 0.25) is 0 Å². The maximum Gasteiger partial charge on any atom is 0.242 e. The Balaban J connectivity index is 1.82. The summed E-state index contributed by atoms with van der Waals surface area (Å²) in [5, 5.41) is 0. The molecule has 0 aromatic carbocycles. The minimum atomic E-state index is -0.488. The molecule has 0 radical (unpaired) electrons. The van der Waals surface area contributed by atoms with Crippen LogP contribution in [0.25, 0.3) is 0 Å². The van der Waals surface area contributed by atoms with Gasteiger partial charge in [-0.25, -0.2) is 0 Å². The Hall–Kier alpha value is -0.570. The first-order valence-corrected chi connectivity index (χ1v) is 6.74. The van der Waals surface area contributed by atoms with Crippen LogP contribution in [0.1, 0.15) is 51.9 Å². The van der Waals surface area contributed by atoms with Crippen molar-refractivity contribution in [1.29, 1.82) is 0 Å². The van der Waals surface area contributed by atoms with E-state index in [0.29, 0.717) is 0 Å². The van der Waals surface area contributed by atoms with Crippen molar-refractivity contribution in [3.8, 4) is 0 Å². The zero-order valence-electron chi connectivity index (χ0n) is 10.4. The molecule has 0 aromatic heterocycles. The lowest BCUT2D eigenvalue weighted by atomic mass is 9.76. The van der Waals surface area contributed by atoms with Gasteiger partial charge < -0.3 is 10.6 Å². The summed E-state index contributed by atoms with van der Waals surface area (Å²) in [4.78, 5) is 14.2. The lowest BCUT2D eigenvalue weighted by Gasteiger charge is -2.42. The number of piperidine rings is 1. The Morgan fingerprint density at radius 2 is 2.00 bits per heavy atom. The number of hydrogen-bond acceptors (Lipinski definition) is 2. The fourth-order valence-electron chi connectivity index (χ4n) is 2.92. The standard InChI is InChI=1S/C13H24N2O/c1-2-4-11-5-9-15(10-6-11)12(16)13(14)7-3-8-13/h11H,2-10,14H2,1H3. The summed E-state index contributed by atoms with van der Waals surface area (Å²) < 4.78 is 0. The molecule has 0 unspecified atom stereocenters. The second-order valence-electron chi connectivity index (χ2n) is 5.53. The Kier molecular flexibility index (Phi) is 3.53. The molecule has 2 fully saturated rings. The summed E-state index contributed by atoms with van der Waals surface area (Å²) in [6, 6.07) is 0. The van der Waals surface area contributed by atoms with Gasteiger partial charge >= 0.3 is 0 Å². The topological polar surface area (TPSA) is 46.3 Å². The molecular formula is C13H24N2O. The van der Waals surface area contributed by atoms with Gasteiger partial charge in [0.05, 0.1) is 5.54 Å². The van der Waals surface area contributed by atoms with Crippen molar-refractivity contribution >= 4 is 5.91 Å². The summed E-state index contributed by atoms with van der Waals surface area (Å²) in [7, 11) is 0. The maximum absolute atomic E-state index is 12.2. The third-order valence-electron chi connectivity index (χ3n) is 4.27. The maximum atomic E-state index is 12.2. The van der Waals surface area contributed by atoms with E-state index in [2.05, 4.69) is 6.92 Å².